The highest BCUT2D eigenvalue weighted by Gasteiger charge is 2.33. The van der Waals surface area contributed by atoms with Crippen molar-refractivity contribution in [3.05, 3.63) is 94.7 Å². The highest BCUT2D eigenvalue weighted by molar-refractivity contribution is 14.1. The van der Waals surface area contributed by atoms with Crippen molar-refractivity contribution in [1.29, 1.82) is 0 Å². The maximum absolute atomic E-state index is 13.9. The number of esters is 1. The number of hydrogen-bond acceptors (Lipinski definition) is 9. The van der Waals surface area contributed by atoms with Gasteiger partial charge in [0.15, 0.2) is 22.9 Å². The smallest absolute Gasteiger partial charge is 0.341 e. The Hall–Kier alpha value is -3.91. The Labute approximate surface area is 253 Å². The monoisotopic (exact) mass is 690 g/mol. The van der Waals surface area contributed by atoms with Crippen LogP contribution in [-0.2, 0) is 14.3 Å². The van der Waals surface area contributed by atoms with Crippen molar-refractivity contribution in [3.63, 3.8) is 0 Å². The van der Waals surface area contributed by atoms with Gasteiger partial charge < -0.3 is 24.1 Å². The van der Waals surface area contributed by atoms with Crippen molar-refractivity contribution in [1.82, 2.24) is 4.57 Å². The second-order valence-electron chi connectivity index (χ2n) is 8.69. The lowest BCUT2D eigenvalue weighted by atomic mass is 9.96. The third kappa shape index (κ3) is 6.54. The molecule has 12 heteroatoms. The van der Waals surface area contributed by atoms with Gasteiger partial charge in [0.25, 0.3) is 5.56 Å². The summed E-state index contributed by atoms with van der Waals surface area (Å²) in [5.41, 5.74) is 1.74. The highest BCUT2D eigenvalue weighted by Crippen LogP contribution is 2.34. The zero-order chi connectivity index (χ0) is 29.7. The minimum Gasteiger partial charge on any atom is -0.493 e. The first kappa shape index (κ1) is 30.1. The van der Waals surface area contributed by atoms with Gasteiger partial charge >= 0.3 is 11.9 Å². The number of nitrogens with zero attached hydrogens (tertiary/aromatic N) is 2. The molecule has 0 unspecified atom stereocenters. The van der Waals surface area contributed by atoms with Gasteiger partial charge in [-0.15, -0.1) is 0 Å². The zero-order valence-electron chi connectivity index (χ0n) is 22.5. The number of halogens is 1. The van der Waals surface area contributed by atoms with E-state index in [-0.39, 0.29) is 17.7 Å². The number of carboxylic acid groups (broad SMARTS) is 1. The molecule has 214 valence electrons. The fraction of sp³-hybridized carbons (Fsp3) is 0.241. The van der Waals surface area contributed by atoms with Crippen molar-refractivity contribution >= 4 is 51.9 Å². The standard InChI is InChI=1S/C29H27IN2O8S/c1-5-11-39-19-9-7-18(8-10-19)25-24(28(36)38-6-2)16(3)31-29-32(25)27(35)22(41-29)14-17-12-20(30)26(21(13-17)37-4)40-15-23(33)34/h5,7-10,12-14,25H,1,6,11,15H2,2-4H3,(H,33,34)/b22-14-/t25-/m1/s1. The van der Waals surface area contributed by atoms with Crippen LogP contribution in [0, 0.1) is 3.57 Å². The number of carbonyl (C=O) groups is 2. The number of hydrogen-bond donors (Lipinski definition) is 1. The van der Waals surface area contributed by atoms with Crippen molar-refractivity contribution in [2.45, 2.75) is 19.9 Å². The molecule has 1 N–H and O–H groups in total. The normalized spacial score (nSPS) is 14.6. The van der Waals surface area contributed by atoms with E-state index in [2.05, 4.69) is 11.6 Å². The molecular weight excluding hydrogens is 663 g/mol. The lowest BCUT2D eigenvalue weighted by Crippen LogP contribution is -2.39. The summed E-state index contributed by atoms with van der Waals surface area (Å²) in [6, 6.07) is 9.81. The van der Waals surface area contributed by atoms with Gasteiger partial charge in [0.1, 0.15) is 12.4 Å². The topological polar surface area (TPSA) is 126 Å². The maximum atomic E-state index is 13.9. The molecule has 2 aromatic carbocycles. The summed E-state index contributed by atoms with van der Waals surface area (Å²) in [5, 5.41) is 8.98. The Bertz CT molecular complexity index is 1710. The van der Waals surface area contributed by atoms with Gasteiger partial charge in [-0.2, -0.15) is 0 Å². The molecule has 0 fully saturated rings. The van der Waals surface area contributed by atoms with Crippen LogP contribution < -0.4 is 29.1 Å². The first-order chi connectivity index (χ1) is 19.7. The molecule has 1 aromatic heterocycles. The number of benzene rings is 2. The minimum absolute atomic E-state index is 0.174. The van der Waals surface area contributed by atoms with E-state index in [4.69, 9.17) is 24.1 Å². The highest BCUT2D eigenvalue weighted by atomic mass is 127. The molecule has 1 aliphatic rings. The number of thiazole rings is 1. The number of ether oxygens (including phenoxy) is 4. The molecule has 41 heavy (non-hydrogen) atoms. The fourth-order valence-corrected chi connectivity index (χ4v) is 6.08. The zero-order valence-corrected chi connectivity index (χ0v) is 25.5. The van der Waals surface area contributed by atoms with Gasteiger partial charge in [0, 0.05) is 0 Å². The molecule has 0 bridgehead atoms. The summed E-state index contributed by atoms with van der Waals surface area (Å²) < 4.78 is 24.2. The van der Waals surface area contributed by atoms with Crippen molar-refractivity contribution in [2.75, 3.05) is 26.9 Å². The van der Waals surface area contributed by atoms with Crippen LogP contribution in [0.5, 0.6) is 17.2 Å². The molecule has 2 heterocycles. The molecule has 0 saturated heterocycles. The molecule has 0 spiro atoms. The summed E-state index contributed by atoms with van der Waals surface area (Å²) in [6.07, 6.45) is 3.34. The van der Waals surface area contributed by atoms with E-state index in [9.17, 15) is 14.4 Å². The van der Waals surface area contributed by atoms with Gasteiger partial charge in [-0.1, -0.05) is 36.1 Å². The summed E-state index contributed by atoms with van der Waals surface area (Å²) in [4.78, 5) is 43.0. The Morgan fingerprint density at radius 1 is 1.22 bits per heavy atom. The van der Waals surface area contributed by atoms with E-state index < -0.39 is 24.6 Å². The summed E-state index contributed by atoms with van der Waals surface area (Å²) in [5.74, 6) is -0.410. The van der Waals surface area contributed by atoms with E-state index >= 15 is 0 Å². The van der Waals surface area contributed by atoms with Crippen LogP contribution in [-0.4, -0.2) is 48.5 Å². The van der Waals surface area contributed by atoms with Gasteiger partial charge in [-0.05, 0) is 77.9 Å². The Morgan fingerprint density at radius 2 is 1.95 bits per heavy atom. The fourth-order valence-electron chi connectivity index (χ4n) is 4.26. The second-order valence-corrected chi connectivity index (χ2v) is 10.9. The van der Waals surface area contributed by atoms with Crippen LogP contribution in [0.25, 0.3) is 6.08 Å². The number of carbonyl (C=O) groups excluding carboxylic acids is 1. The number of rotatable bonds is 11. The molecule has 0 amide bonds. The molecule has 10 nitrogen and oxygen atoms in total. The summed E-state index contributed by atoms with van der Waals surface area (Å²) >= 11 is 3.21. The van der Waals surface area contributed by atoms with Crippen LogP contribution >= 0.6 is 33.9 Å². The van der Waals surface area contributed by atoms with E-state index in [1.807, 2.05) is 22.6 Å². The number of allylic oxidation sites excluding steroid dienone is 1. The molecule has 0 aliphatic carbocycles. The maximum Gasteiger partial charge on any atom is 0.341 e. The van der Waals surface area contributed by atoms with Gasteiger partial charge in [-0.3, -0.25) is 9.36 Å². The van der Waals surface area contributed by atoms with Crippen molar-refractivity contribution in [2.24, 2.45) is 4.99 Å². The number of carboxylic acids is 1. The number of aromatic nitrogens is 1. The molecule has 4 rings (SSSR count). The number of fused-ring (bicyclic) bond motifs is 1. The second kappa shape index (κ2) is 13.2. The quantitative estimate of drug-likeness (QED) is 0.185. The summed E-state index contributed by atoms with van der Waals surface area (Å²) in [6.45, 7) is 7.10. The van der Waals surface area contributed by atoms with Gasteiger partial charge in [-0.25, -0.2) is 14.6 Å². The van der Waals surface area contributed by atoms with Crippen LogP contribution in [0.2, 0.25) is 0 Å². The van der Waals surface area contributed by atoms with Crippen molar-refractivity contribution in [3.8, 4) is 17.2 Å². The molecule has 3 aromatic rings. The Balaban J connectivity index is 1.85. The third-order valence-electron chi connectivity index (χ3n) is 5.97. The molecule has 0 saturated carbocycles. The Kier molecular flexibility index (Phi) is 9.65. The van der Waals surface area contributed by atoms with Gasteiger partial charge in [0.2, 0.25) is 0 Å². The third-order valence-corrected chi connectivity index (χ3v) is 7.75. The number of methoxy groups -OCH3 is 1. The van der Waals surface area contributed by atoms with Crippen LogP contribution in [0.15, 0.2) is 70.1 Å². The van der Waals surface area contributed by atoms with E-state index in [1.54, 1.807) is 62.4 Å². The largest absolute Gasteiger partial charge is 0.493 e. The number of aliphatic carboxylic acids is 1. The first-order valence-corrected chi connectivity index (χ1v) is 14.3. The van der Waals surface area contributed by atoms with E-state index in [0.717, 1.165) is 0 Å². The van der Waals surface area contributed by atoms with Crippen LogP contribution in [0.4, 0.5) is 0 Å². The SMILES string of the molecule is C=CCOc1ccc([C@@H]2C(C(=O)OCC)=C(C)N=c3s/c(=C\c4cc(I)c(OCC(=O)O)c(OC)c4)c(=O)n32)cc1. The lowest BCUT2D eigenvalue weighted by molar-refractivity contribution is -0.140. The van der Waals surface area contributed by atoms with Crippen LogP contribution in [0.1, 0.15) is 31.0 Å². The average Bonchev–Trinajstić information content (AvgIpc) is 3.24. The molecule has 1 aliphatic heterocycles. The molecular formula is C29H27IN2O8S. The van der Waals surface area contributed by atoms with Gasteiger partial charge in [0.05, 0.1) is 39.1 Å². The van der Waals surface area contributed by atoms with Crippen LogP contribution in [0.3, 0.4) is 0 Å². The lowest BCUT2D eigenvalue weighted by Gasteiger charge is -2.24. The predicted molar refractivity (Wildman–Crippen MR) is 161 cm³/mol. The first-order valence-electron chi connectivity index (χ1n) is 12.4. The molecule has 1 atom stereocenters. The predicted octanol–water partition coefficient (Wildman–Crippen LogP) is 3.44. The average molecular weight is 691 g/mol. The van der Waals surface area contributed by atoms with Crippen molar-refractivity contribution < 1.29 is 33.6 Å². The van der Waals surface area contributed by atoms with E-state index in [0.29, 0.717) is 53.6 Å². The van der Waals surface area contributed by atoms with E-state index in [1.165, 1.54) is 23.0 Å². The molecule has 0 radical (unpaired) electrons. The Morgan fingerprint density at radius 3 is 2.59 bits per heavy atom. The minimum atomic E-state index is -1.11. The summed E-state index contributed by atoms with van der Waals surface area (Å²) in [7, 11) is 1.45.